The molecule has 0 heterocycles. The maximum absolute atomic E-state index is 12.4. The maximum Gasteiger partial charge on any atom is 0.336 e. The summed E-state index contributed by atoms with van der Waals surface area (Å²) in [4.78, 5) is 126. The van der Waals surface area contributed by atoms with Gasteiger partial charge in [0.25, 0.3) is 12.9 Å². The molecule has 0 saturated carbocycles. The predicted molar refractivity (Wildman–Crippen MR) is 313 cm³/mol. The maximum atomic E-state index is 12.4. The molecular weight excluding hydrogens is 1150 g/mol. The molecule has 0 rings (SSSR count). The first-order chi connectivity index (χ1) is 40.9. The van der Waals surface area contributed by atoms with E-state index in [1.807, 2.05) is 0 Å². The SMILES string of the molecule is C.CCCCCCCC/C=C/CCCCCCCC(=O)OCC(O)COC(=O)CC(O)(CC(=O)O)OC=O.CCCCCCCC/C=C\CCCCCCCC(=O)OCC(COC(=O)CC(O)(CC(=O)O)OC=O)OC(=O)CC(O)(CC(=O)O)C(=O)O. The number of ether oxygens (including phenoxy) is 7. The van der Waals surface area contributed by atoms with E-state index in [1.54, 1.807) is 0 Å². The minimum atomic E-state index is -3.04. The number of rotatable bonds is 56. The molecule has 0 radical (unpaired) electrons. The van der Waals surface area contributed by atoms with Crippen LogP contribution >= 0.6 is 0 Å². The third-order valence-corrected chi connectivity index (χ3v) is 12.8. The van der Waals surface area contributed by atoms with Crippen molar-refractivity contribution < 1.29 is 127 Å². The molecule has 0 aromatic carbocycles. The molecule has 5 atom stereocenters. The van der Waals surface area contributed by atoms with Gasteiger partial charge in [-0.1, -0.05) is 148 Å². The van der Waals surface area contributed by atoms with E-state index in [2.05, 4.69) is 47.6 Å². The molecule has 8 N–H and O–H groups in total. The van der Waals surface area contributed by atoms with Crippen LogP contribution < -0.4 is 0 Å². The summed E-state index contributed by atoms with van der Waals surface area (Å²) in [5, 5.41) is 75.5. The largest absolute Gasteiger partial charge is 0.481 e. The Bertz CT molecular complexity index is 2010. The second-order valence-corrected chi connectivity index (χ2v) is 21.1. The molecular formula is C61H102O26. The number of aliphatic hydroxyl groups excluding tert-OH is 1. The highest BCUT2D eigenvalue weighted by Crippen LogP contribution is 2.21. The van der Waals surface area contributed by atoms with Gasteiger partial charge in [0, 0.05) is 12.8 Å². The Morgan fingerprint density at radius 1 is 0.391 bits per heavy atom. The monoisotopic (exact) mass is 1250 g/mol. The van der Waals surface area contributed by atoms with Crippen molar-refractivity contribution in [2.45, 2.75) is 269 Å². The van der Waals surface area contributed by atoms with Gasteiger partial charge < -0.3 is 74.0 Å². The summed E-state index contributed by atoms with van der Waals surface area (Å²) in [5.41, 5.74) is -3.04. The lowest BCUT2D eigenvalue weighted by molar-refractivity contribution is -0.213. The second-order valence-electron chi connectivity index (χ2n) is 21.1. The fourth-order valence-electron chi connectivity index (χ4n) is 8.17. The van der Waals surface area contributed by atoms with Gasteiger partial charge in [0.1, 0.15) is 58.2 Å². The molecule has 87 heavy (non-hydrogen) atoms. The molecule has 0 fully saturated rings. The molecule has 0 aromatic heterocycles. The number of esters is 5. The fourth-order valence-corrected chi connectivity index (χ4v) is 8.17. The van der Waals surface area contributed by atoms with Gasteiger partial charge in [-0.25, -0.2) is 4.79 Å². The van der Waals surface area contributed by atoms with E-state index < -0.39 is 141 Å². The van der Waals surface area contributed by atoms with E-state index >= 15 is 0 Å². The molecule has 0 spiro atoms. The zero-order valence-corrected chi connectivity index (χ0v) is 50.4. The summed E-state index contributed by atoms with van der Waals surface area (Å²) in [5.74, 6) is -17.2. The highest BCUT2D eigenvalue weighted by molar-refractivity contribution is 5.88. The zero-order valence-electron chi connectivity index (χ0n) is 50.4. The summed E-state index contributed by atoms with van der Waals surface area (Å²) in [6.07, 6.45) is 28.3. The molecule has 26 nitrogen and oxygen atoms in total. The van der Waals surface area contributed by atoms with E-state index in [0.29, 0.717) is 12.8 Å². The third kappa shape index (κ3) is 52.3. The van der Waals surface area contributed by atoms with E-state index in [1.165, 1.54) is 77.0 Å². The van der Waals surface area contributed by atoms with Crippen LogP contribution in [0.3, 0.4) is 0 Å². The Hall–Kier alpha value is -6.51. The summed E-state index contributed by atoms with van der Waals surface area (Å²) >= 11 is 0. The molecule has 5 unspecified atom stereocenters. The second kappa shape index (κ2) is 53.7. The number of hydrogen-bond acceptors (Lipinski definition) is 22. The molecule has 0 aliphatic carbocycles. The van der Waals surface area contributed by atoms with Gasteiger partial charge in [-0.3, -0.25) is 47.9 Å². The number of aliphatic carboxylic acids is 4. The number of carbonyl (C=O) groups is 11. The van der Waals surface area contributed by atoms with Crippen LogP contribution in [0.5, 0.6) is 0 Å². The van der Waals surface area contributed by atoms with Crippen molar-refractivity contribution in [1.29, 1.82) is 0 Å². The van der Waals surface area contributed by atoms with E-state index in [0.717, 1.165) is 77.0 Å². The Labute approximate surface area is 511 Å². The highest BCUT2D eigenvalue weighted by Gasteiger charge is 2.42. The number of aliphatic hydroxyl groups is 4. The number of hydrogen-bond donors (Lipinski definition) is 8. The molecule has 0 aliphatic heterocycles. The molecule has 26 heteroatoms. The number of carboxylic acid groups (broad SMARTS) is 4. The van der Waals surface area contributed by atoms with Crippen LogP contribution in [0, 0.1) is 0 Å². The summed E-state index contributed by atoms with van der Waals surface area (Å²) < 4.78 is 33.2. The van der Waals surface area contributed by atoms with Crippen LogP contribution in [0.4, 0.5) is 0 Å². The highest BCUT2D eigenvalue weighted by atomic mass is 16.7. The van der Waals surface area contributed by atoms with Crippen LogP contribution in [0.2, 0.25) is 0 Å². The number of carboxylic acids is 4. The van der Waals surface area contributed by atoms with Crippen LogP contribution in [-0.2, 0) is 85.9 Å². The minimum Gasteiger partial charge on any atom is -0.481 e. The van der Waals surface area contributed by atoms with Crippen molar-refractivity contribution in [3.05, 3.63) is 24.3 Å². The average molecular weight is 1250 g/mol. The van der Waals surface area contributed by atoms with Crippen molar-refractivity contribution in [2.75, 3.05) is 26.4 Å². The molecule has 0 aromatic rings. The molecule has 0 saturated heterocycles. The van der Waals surface area contributed by atoms with Crippen molar-refractivity contribution in [1.82, 2.24) is 0 Å². The topological polar surface area (TPSA) is 414 Å². The van der Waals surface area contributed by atoms with Crippen molar-refractivity contribution in [2.24, 2.45) is 0 Å². The fraction of sp³-hybridized carbons (Fsp3) is 0.754. The lowest BCUT2D eigenvalue weighted by atomic mass is 9.96. The smallest absolute Gasteiger partial charge is 0.336 e. The van der Waals surface area contributed by atoms with Crippen LogP contribution in [-0.4, -0.2) is 163 Å². The van der Waals surface area contributed by atoms with Gasteiger partial charge in [0.15, 0.2) is 11.7 Å². The van der Waals surface area contributed by atoms with E-state index in [4.69, 9.17) is 39.0 Å². The number of carbonyl (C=O) groups excluding carboxylic acids is 7. The normalized spacial score (nSPS) is 13.8. The van der Waals surface area contributed by atoms with Gasteiger partial charge in [0.2, 0.25) is 11.6 Å². The van der Waals surface area contributed by atoms with Crippen molar-refractivity contribution in [3.8, 4) is 0 Å². The first-order valence-electron chi connectivity index (χ1n) is 30.0. The summed E-state index contributed by atoms with van der Waals surface area (Å²) in [6.45, 7) is 1.50. The zero-order chi connectivity index (χ0) is 64.9. The van der Waals surface area contributed by atoms with E-state index in [-0.39, 0.29) is 39.8 Å². The first-order valence-corrected chi connectivity index (χ1v) is 30.0. The predicted octanol–water partition coefficient (Wildman–Crippen LogP) is 8.26. The number of unbranched alkanes of at least 4 members (excludes halogenated alkanes) is 22. The van der Waals surface area contributed by atoms with Gasteiger partial charge >= 0.3 is 53.7 Å². The molecule has 0 aliphatic rings. The number of allylic oxidation sites excluding steroid dienone is 4. The third-order valence-electron chi connectivity index (χ3n) is 12.8. The molecule has 502 valence electrons. The van der Waals surface area contributed by atoms with E-state index in [9.17, 15) is 78.3 Å². The Morgan fingerprint density at radius 3 is 1.03 bits per heavy atom. The summed E-state index contributed by atoms with van der Waals surface area (Å²) in [6, 6.07) is 0. The van der Waals surface area contributed by atoms with Gasteiger partial charge in [-0.15, -0.1) is 0 Å². The van der Waals surface area contributed by atoms with Crippen LogP contribution in [0.15, 0.2) is 24.3 Å². The Kier molecular flexibility index (Phi) is 52.3. The Balaban J connectivity index is -0.00000167. The van der Waals surface area contributed by atoms with Crippen molar-refractivity contribution >= 4 is 66.7 Å². The van der Waals surface area contributed by atoms with Gasteiger partial charge in [0.05, 0.1) is 12.8 Å². The quantitative estimate of drug-likeness (QED) is 0.00709. The standard InChI is InChI=1S/C33H52O16.C27H46O10.CH4/c1-2-3-4-5-6-7-8-9-10-11-12-13-14-15-16-17-28(39)46-22-25(49-30(41)20-32(44,31(42)43)18-26(35)36)23-47-29(40)21-33(45,48-24-34)19-27(37)38;1-2-3-4-5-6-7-8-9-10-11-12-13-14-15-16-17-25(32)35-20-23(29)21-36-26(33)19-27(34,37-22-28)18-24(30)31;/h9-10,24-25,44-45H,2-8,11-23H2,1H3,(H,35,36)(H,37,38)(H,42,43);9-10,22-23,29,34H,2-8,11-21H2,1H3,(H,30,31);1H4/b10-9-;10-9+;. The lowest BCUT2D eigenvalue weighted by Gasteiger charge is -2.24. The summed E-state index contributed by atoms with van der Waals surface area (Å²) in [7, 11) is 0. The van der Waals surface area contributed by atoms with Gasteiger partial charge in [-0.05, 0) is 64.2 Å². The minimum absolute atomic E-state index is 0. The molecule has 0 amide bonds. The van der Waals surface area contributed by atoms with Crippen LogP contribution in [0.25, 0.3) is 0 Å². The van der Waals surface area contributed by atoms with Gasteiger partial charge in [-0.2, -0.15) is 0 Å². The lowest BCUT2D eigenvalue weighted by Crippen LogP contribution is -2.44. The average Bonchev–Trinajstić information content (AvgIpc) is 2.15. The Morgan fingerprint density at radius 2 is 0.701 bits per heavy atom. The van der Waals surface area contributed by atoms with Crippen LogP contribution in [0.1, 0.15) is 240 Å². The first kappa shape index (κ1) is 84.7. The van der Waals surface area contributed by atoms with Crippen molar-refractivity contribution in [3.63, 3.8) is 0 Å². The molecule has 0 bridgehead atoms.